The molecule has 9 heteroatoms. The molecule has 0 spiro atoms. The molecule has 2 amide bonds. The minimum atomic E-state index is -0.902. The van der Waals surface area contributed by atoms with E-state index in [2.05, 4.69) is 10.3 Å². The molecule has 1 aliphatic rings. The first kappa shape index (κ1) is 19.8. The minimum Gasteiger partial charge on any atom is -0.459 e. The van der Waals surface area contributed by atoms with Gasteiger partial charge in [0.2, 0.25) is 0 Å². The lowest BCUT2D eigenvalue weighted by molar-refractivity contribution is -0.153. The van der Waals surface area contributed by atoms with Crippen molar-refractivity contribution in [3.63, 3.8) is 0 Å². The van der Waals surface area contributed by atoms with Gasteiger partial charge in [-0.1, -0.05) is 18.2 Å². The molecule has 2 aromatic heterocycles. The Kier molecular flexibility index (Phi) is 5.62. The minimum absolute atomic E-state index is 0.0959. The molecule has 1 unspecified atom stereocenters. The summed E-state index contributed by atoms with van der Waals surface area (Å²) in [5, 5.41) is 4.60. The Morgan fingerprint density at radius 1 is 1.27 bits per heavy atom. The average molecular weight is 425 g/mol. The van der Waals surface area contributed by atoms with Gasteiger partial charge >= 0.3 is 5.97 Å². The number of esters is 1. The van der Waals surface area contributed by atoms with Gasteiger partial charge in [-0.05, 0) is 37.1 Å². The van der Waals surface area contributed by atoms with Gasteiger partial charge in [0.1, 0.15) is 0 Å². The zero-order valence-electron chi connectivity index (χ0n) is 16.2. The van der Waals surface area contributed by atoms with E-state index < -0.39 is 18.0 Å². The fourth-order valence-electron chi connectivity index (χ4n) is 3.24. The third kappa shape index (κ3) is 4.25. The van der Waals surface area contributed by atoms with Gasteiger partial charge in [0.15, 0.2) is 17.0 Å². The number of aromatic nitrogens is 1. The number of thiazole rings is 1. The lowest BCUT2D eigenvalue weighted by atomic mass is 10.2. The average Bonchev–Trinajstić information content (AvgIpc) is 3.48. The van der Waals surface area contributed by atoms with Gasteiger partial charge in [-0.2, -0.15) is 0 Å². The number of nitrogens with zero attached hydrogens (tertiary/aromatic N) is 2. The summed E-state index contributed by atoms with van der Waals surface area (Å²) in [6, 6.07) is 10.9. The Morgan fingerprint density at radius 3 is 2.90 bits per heavy atom. The van der Waals surface area contributed by atoms with E-state index in [0.29, 0.717) is 17.4 Å². The summed E-state index contributed by atoms with van der Waals surface area (Å²) in [6.45, 7) is 2.14. The Morgan fingerprint density at radius 2 is 2.10 bits per heavy atom. The maximum atomic E-state index is 12.7. The summed E-state index contributed by atoms with van der Waals surface area (Å²) >= 11 is 1.19. The number of hydrogen-bond donors (Lipinski definition) is 1. The molecule has 3 heterocycles. The van der Waals surface area contributed by atoms with Crippen molar-refractivity contribution in [3.8, 4) is 0 Å². The largest absolute Gasteiger partial charge is 0.459 e. The van der Waals surface area contributed by atoms with Crippen LogP contribution in [0.5, 0.6) is 0 Å². The summed E-state index contributed by atoms with van der Waals surface area (Å²) in [7, 11) is 0. The lowest BCUT2D eigenvalue weighted by Gasteiger charge is -2.21. The van der Waals surface area contributed by atoms with Gasteiger partial charge in [0.25, 0.3) is 11.8 Å². The highest BCUT2D eigenvalue weighted by Gasteiger charge is 2.29. The molecule has 0 fully saturated rings. The first-order chi connectivity index (χ1) is 14.5. The number of carbonyl (C=O) groups is 3. The fraction of sp³-hybridized carbons (Fsp3) is 0.238. The first-order valence-corrected chi connectivity index (χ1v) is 10.3. The number of para-hydroxylation sites is 1. The fourth-order valence-corrected chi connectivity index (χ4v) is 3.94. The van der Waals surface area contributed by atoms with Crippen LogP contribution >= 0.6 is 11.3 Å². The van der Waals surface area contributed by atoms with Crippen molar-refractivity contribution in [2.45, 2.75) is 25.9 Å². The maximum Gasteiger partial charge on any atom is 0.312 e. The van der Waals surface area contributed by atoms with Crippen molar-refractivity contribution in [3.05, 3.63) is 65.1 Å². The molecule has 154 valence electrons. The van der Waals surface area contributed by atoms with E-state index in [4.69, 9.17) is 9.15 Å². The molecule has 0 saturated heterocycles. The highest BCUT2D eigenvalue weighted by atomic mass is 32.1. The number of amides is 2. The van der Waals surface area contributed by atoms with Crippen molar-refractivity contribution in [2.24, 2.45) is 0 Å². The van der Waals surface area contributed by atoms with E-state index in [-0.39, 0.29) is 18.1 Å². The van der Waals surface area contributed by atoms with Crippen LogP contribution in [0.25, 0.3) is 0 Å². The van der Waals surface area contributed by atoms with E-state index in [9.17, 15) is 14.4 Å². The number of hydrogen-bond acceptors (Lipinski definition) is 7. The Bertz CT molecular complexity index is 1080. The van der Waals surface area contributed by atoms with Gasteiger partial charge in [-0.15, -0.1) is 11.3 Å². The topological polar surface area (TPSA) is 102 Å². The second-order valence-electron chi connectivity index (χ2n) is 6.75. The molecular formula is C21H19N3O5S. The molecule has 1 atom stereocenters. The van der Waals surface area contributed by atoms with Crippen molar-refractivity contribution in [2.75, 3.05) is 16.8 Å². The Hall–Kier alpha value is -3.46. The molecule has 0 saturated carbocycles. The molecule has 30 heavy (non-hydrogen) atoms. The molecule has 0 bridgehead atoms. The SMILES string of the molecule is CC(OC(=O)Cc1csc(NC(=O)c2ccco2)n1)C(=O)N1CCc2ccccc21. The van der Waals surface area contributed by atoms with Crippen LogP contribution in [0.15, 0.2) is 52.5 Å². The molecule has 0 radical (unpaired) electrons. The van der Waals surface area contributed by atoms with Gasteiger partial charge in [-0.25, -0.2) is 4.98 Å². The van der Waals surface area contributed by atoms with Gasteiger partial charge in [0.05, 0.1) is 18.4 Å². The predicted molar refractivity (Wildman–Crippen MR) is 111 cm³/mol. The molecular weight excluding hydrogens is 406 g/mol. The third-order valence-electron chi connectivity index (χ3n) is 4.65. The van der Waals surface area contributed by atoms with Crippen LogP contribution in [0.1, 0.15) is 28.7 Å². The van der Waals surface area contributed by atoms with E-state index in [1.54, 1.807) is 29.3 Å². The lowest BCUT2D eigenvalue weighted by Crippen LogP contribution is -2.39. The number of ether oxygens (including phenoxy) is 1. The van der Waals surface area contributed by atoms with Crippen LogP contribution in [0, 0.1) is 0 Å². The van der Waals surface area contributed by atoms with Crippen LogP contribution < -0.4 is 10.2 Å². The second kappa shape index (κ2) is 8.50. The van der Waals surface area contributed by atoms with Crippen LogP contribution in [-0.2, 0) is 27.2 Å². The van der Waals surface area contributed by atoms with Crippen molar-refractivity contribution >= 4 is 39.9 Å². The number of benzene rings is 1. The highest BCUT2D eigenvalue weighted by molar-refractivity contribution is 7.14. The molecule has 8 nitrogen and oxygen atoms in total. The van der Waals surface area contributed by atoms with Gasteiger partial charge < -0.3 is 14.1 Å². The van der Waals surface area contributed by atoms with Crippen LogP contribution in [0.4, 0.5) is 10.8 Å². The zero-order valence-corrected chi connectivity index (χ0v) is 17.0. The molecule has 3 aromatic rings. The van der Waals surface area contributed by atoms with Crippen molar-refractivity contribution in [1.29, 1.82) is 0 Å². The monoisotopic (exact) mass is 425 g/mol. The normalized spacial score (nSPS) is 13.6. The molecule has 0 aliphatic carbocycles. The number of carbonyl (C=O) groups excluding carboxylic acids is 3. The zero-order chi connectivity index (χ0) is 21.1. The Balaban J connectivity index is 1.31. The van der Waals surface area contributed by atoms with Crippen LogP contribution in [0.2, 0.25) is 0 Å². The second-order valence-corrected chi connectivity index (χ2v) is 7.61. The number of anilines is 2. The smallest absolute Gasteiger partial charge is 0.312 e. The number of rotatable bonds is 6. The van der Waals surface area contributed by atoms with E-state index in [1.807, 2.05) is 24.3 Å². The first-order valence-electron chi connectivity index (χ1n) is 9.39. The summed E-state index contributed by atoms with van der Waals surface area (Å²) in [5.41, 5.74) is 2.42. The van der Waals surface area contributed by atoms with Crippen molar-refractivity contribution < 1.29 is 23.5 Å². The van der Waals surface area contributed by atoms with Crippen molar-refractivity contribution in [1.82, 2.24) is 4.98 Å². The molecule has 1 N–H and O–H groups in total. The number of fused-ring (bicyclic) bond motifs is 1. The third-order valence-corrected chi connectivity index (χ3v) is 5.46. The molecule has 4 rings (SSSR count). The molecule has 1 aromatic carbocycles. The van der Waals surface area contributed by atoms with Gasteiger partial charge in [0, 0.05) is 17.6 Å². The van der Waals surface area contributed by atoms with Crippen LogP contribution in [-0.4, -0.2) is 35.4 Å². The summed E-state index contributed by atoms with van der Waals surface area (Å²) in [6.07, 6.45) is 1.19. The quantitative estimate of drug-likeness (QED) is 0.609. The maximum absolute atomic E-state index is 12.7. The summed E-state index contributed by atoms with van der Waals surface area (Å²) in [5.74, 6) is -1.06. The van der Waals surface area contributed by atoms with E-state index >= 15 is 0 Å². The molecule has 1 aliphatic heterocycles. The summed E-state index contributed by atoms with van der Waals surface area (Å²) in [4.78, 5) is 42.8. The number of furan rings is 1. The Labute approximate surface area is 176 Å². The predicted octanol–water partition coefficient (Wildman–Crippen LogP) is 3.05. The van der Waals surface area contributed by atoms with E-state index in [0.717, 1.165) is 17.7 Å². The summed E-state index contributed by atoms with van der Waals surface area (Å²) < 4.78 is 10.3. The standard InChI is InChI=1S/C21H19N3O5S/c1-13(20(27)24-9-8-14-5-2-3-6-16(14)24)29-18(25)11-15-12-30-21(22-15)23-19(26)17-7-4-10-28-17/h2-7,10,12-13H,8-9,11H2,1H3,(H,22,23,26). The van der Waals surface area contributed by atoms with Crippen LogP contribution in [0.3, 0.4) is 0 Å². The highest BCUT2D eigenvalue weighted by Crippen LogP contribution is 2.28. The number of nitrogens with one attached hydrogen (secondary N) is 1. The van der Waals surface area contributed by atoms with Gasteiger partial charge in [-0.3, -0.25) is 19.7 Å². The van der Waals surface area contributed by atoms with E-state index in [1.165, 1.54) is 17.6 Å².